The van der Waals surface area contributed by atoms with Gasteiger partial charge in [0.05, 0.1) is 6.61 Å². The van der Waals surface area contributed by atoms with Crippen molar-refractivity contribution < 1.29 is 4.84 Å². The van der Waals surface area contributed by atoms with Crippen LogP contribution in [-0.2, 0) is 4.84 Å². The minimum atomic E-state index is 0.675. The van der Waals surface area contributed by atoms with Crippen LogP contribution in [0.3, 0.4) is 0 Å². The molecular weight excluding hydrogens is 138 g/mol. The summed E-state index contributed by atoms with van der Waals surface area (Å²) in [5.74, 6) is 1.93. The molecule has 0 spiro atoms. The Morgan fingerprint density at radius 3 is 2.82 bits per heavy atom. The molecule has 0 heterocycles. The molecule has 64 valence electrons. The lowest BCUT2D eigenvalue weighted by molar-refractivity contribution is 0.0104. The first-order chi connectivity index (χ1) is 5.40. The van der Waals surface area contributed by atoms with Gasteiger partial charge in [-0.25, -0.2) is 0 Å². The maximum absolute atomic E-state index is 5.22. The standard InChI is InChI=1S/C9H17NO/c1-2-11-10-9-6-7-3-4-8(9)5-7/h7-10H,2-6H2,1H3. The monoisotopic (exact) mass is 155 g/mol. The molecule has 2 heteroatoms. The quantitative estimate of drug-likeness (QED) is 0.626. The van der Waals surface area contributed by atoms with Gasteiger partial charge < -0.3 is 4.84 Å². The van der Waals surface area contributed by atoms with E-state index in [9.17, 15) is 0 Å². The zero-order chi connectivity index (χ0) is 7.68. The highest BCUT2D eigenvalue weighted by atomic mass is 16.6. The van der Waals surface area contributed by atoms with Crippen LogP contribution >= 0.6 is 0 Å². The van der Waals surface area contributed by atoms with Gasteiger partial charge in [0, 0.05) is 6.04 Å². The third kappa shape index (κ3) is 1.42. The van der Waals surface area contributed by atoms with E-state index >= 15 is 0 Å². The van der Waals surface area contributed by atoms with Gasteiger partial charge >= 0.3 is 0 Å². The van der Waals surface area contributed by atoms with E-state index in [1.165, 1.54) is 25.7 Å². The smallest absolute Gasteiger partial charge is 0.0654 e. The minimum absolute atomic E-state index is 0.675. The number of nitrogens with one attached hydrogen (secondary N) is 1. The fourth-order valence-electron chi connectivity index (χ4n) is 2.58. The van der Waals surface area contributed by atoms with Crippen molar-refractivity contribution in [2.24, 2.45) is 11.8 Å². The van der Waals surface area contributed by atoms with E-state index in [1.807, 2.05) is 6.92 Å². The SMILES string of the molecule is CCONC1CC2CCC1C2. The van der Waals surface area contributed by atoms with Crippen LogP contribution in [0.5, 0.6) is 0 Å². The lowest BCUT2D eigenvalue weighted by Gasteiger charge is -2.21. The Hall–Kier alpha value is -0.0800. The van der Waals surface area contributed by atoms with Crippen LogP contribution in [0.25, 0.3) is 0 Å². The van der Waals surface area contributed by atoms with Gasteiger partial charge in [-0.15, -0.1) is 0 Å². The van der Waals surface area contributed by atoms with E-state index in [1.54, 1.807) is 0 Å². The van der Waals surface area contributed by atoms with Gasteiger partial charge in [0.25, 0.3) is 0 Å². The van der Waals surface area contributed by atoms with E-state index in [0.29, 0.717) is 6.04 Å². The lowest BCUT2D eigenvalue weighted by atomic mass is 9.96. The molecule has 1 N–H and O–H groups in total. The largest absolute Gasteiger partial charge is 0.302 e. The average Bonchev–Trinajstić information content (AvgIpc) is 2.60. The van der Waals surface area contributed by atoms with Crippen molar-refractivity contribution >= 4 is 0 Å². The van der Waals surface area contributed by atoms with Crippen molar-refractivity contribution in [2.75, 3.05) is 6.61 Å². The second-order valence-electron chi connectivity index (χ2n) is 3.83. The highest BCUT2D eigenvalue weighted by Crippen LogP contribution is 2.44. The Labute approximate surface area is 68.3 Å². The molecule has 0 aromatic carbocycles. The van der Waals surface area contributed by atoms with Gasteiger partial charge in [0.2, 0.25) is 0 Å². The molecule has 0 radical (unpaired) electrons. The normalized spacial score (nSPS) is 41.7. The summed E-state index contributed by atoms with van der Waals surface area (Å²) in [6, 6.07) is 0.675. The first-order valence-corrected chi connectivity index (χ1v) is 4.77. The second-order valence-corrected chi connectivity index (χ2v) is 3.83. The van der Waals surface area contributed by atoms with Crippen molar-refractivity contribution in [1.82, 2.24) is 5.48 Å². The molecule has 0 aliphatic heterocycles. The van der Waals surface area contributed by atoms with E-state index in [2.05, 4.69) is 5.48 Å². The summed E-state index contributed by atoms with van der Waals surface area (Å²) in [6.07, 6.45) is 5.69. The summed E-state index contributed by atoms with van der Waals surface area (Å²) in [7, 11) is 0. The molecular formula is C9H17NO. The molecule has 2 aliphatic carbocycles. The molecule has 3 atom stereocenters. The number of hydroxylamine groups is 1. The van der Waals surface area contributed by atoms with Crippen molar-refractivity contribution in [3.63, 3.8) is 0 Å². The molecule has 3 unspecified atom stereocenters. The van der Waals surface area contributed by atoms with Crippen LogP contribution in [-0.4, -0.2) is 12.6 Å². The number of rotatable bonds is 3. The van der Waals surface area contributed by atoms with Crippen molar-refractivity contribution in [1.29, 1.82) is 0 Å². The topological polar surface area (TPSA) is 21.3 Å². The molecule has 0 aromatic heterocycles. The maximum Gasteiger partial charge on any atom is 0.0654 e. The molecule has 2 nitrogen and oxygen atoms in total. The molecule has 2 saturated carbocycles. The summed E-state index contributed by atoms with van der Waals surface area (Å²) in [4.78, 5) is 5.22. The molecule has 2 bridgehead atoms. The summed E-state index contributed by atoms with van der Waals surface area (Å²) < 4.78 is 0. The number of hydrogen-bond donors (Lipinski definition) is 1. The van der Waals surface area contributed by atoms with Crippen molar-refractivity contribution in [3.8, 4) is 0 Å². The molecule has 11 heavy (non-hydrogen) atoms. The summed E-state index contributed by atoms with van der Waals surface area (Å²) in [6.45, 7) is 2.81. The third-order valence-corrected chi connectivity index (χ3v) is 3.12. The van der Waals surface area contributed by atoms with Crippen molar-refractivity contribution in [3.05, 3.63) is 0 Å². The molecule has 0 saturated heterocycles. The molecule has 2 rings (SSSR count). The van der Waals surface area contributed by atoms with E-state index in [4.69, 9.17) is 4.84 Å². The maximum atomic E-state index is 5.22. The van der Waals surface area contributed by atoms with E-state index < -0.39 is 0 Å². The zero-order valence-electron chi connectivity index (χ0n) is 7.18. The Balaban J connectivity index is 1.78. The highest BCUT2D eigenvalue weighted by Gasteiger charge is 2.39. The van der Waals surface area contributed by atoms with Crippen LogP contribution in [0.2, 0.25) is 0 Å². The first-order valence-electron chi connectivity index (χ1n) is 4.77. The first kappa shape index (κ1) is 7.56. The summed E-state index contributed by atoms with van der Waals surface area (Å²) in [5, 5.41) is 0. The Kier molecular flexibility index (Phi) is 2.14. The van der Waals surface area contributed by atoms with Gasteiger partial charge in [0.1, 0.15) is 0 Å². The van der Waals surface area contributed by atoms with E-state index in [-0.39, 0.29) is 0 Å². The molecule has 0 aromatic rings. The fourth-order valence-corrected chi connectivity index (χ4v) is 2.58. The highest BCUT2D eigenvalue weighted by molar-refractivity contribution is 4.92. The molecule has 2 aliphatic rings. The predicted octanol–water partition coefficient (Wildman–Crippen LogP) is 1.72. The summed E-state index contributed by atoms with van der Waals surface area (Å²) in [5.41, 5.74) is 3.16. The Morgan fingerprint density at radius 1 is 1.36 bits per heavy atom. The van der Waals surface area contributed by atoms with Gasteiger partial charge in [-0.3, -0.25) is 0 Å². The van der Waals surface area contributed by atoms with Gasteiger partial charge in [-0.1, -0.05) is 6.42 Å². The zero-order valence-corrected chi connectivity index (χ0v) is 7.18. The minimum Gasteiger partial charge on any atom is -0.302 e. The Morgan fingerprint density at radius 2 is 2.27 bits per heavy atom. The molecule has 2 fully saturated rings. The van der Waals surface area contributed by atoms with Crippen LogP contribution in [0.15, 0.2) is 0 Å². The molecule has 0 amide bonds. The van der Waals surface area contributed by atoms with Crippen LogP contribution in [0.4, 0.5) is 0 Å². The van der Waals surface area contributed by atoms with E-state index in [0.717, 1.165) is 18.4 Å². The number of hydrogen-bond acceptors (Lipinski definition) is 2. The van der Waals surface area contributed by atoms with Crippen molar-refractivity contribution in [2.45, 2.75) is 38.6 Å². The predicted molar refractivity (Wildman–Crippen MR) is 44.0 cm³/mol. The van der Waals surface area contributed by atoms with Crippen LogP contribution < -0.4 is 5.48 Å². The summed E-state index contributed by atoms with van der Waals surface area (Å²) >= 11 is 0. The van der Waals surface area contributed by atoms with Crippen LogP contribution in [0.1, 0.15) is 32.6 Å². The lowest BCUT2D eigenvalue weighted by Crippen LogP contribution is -2.33. The van der Waals surface area contributed by atoms with Gasteiger partial charge in [0.15, 0.2) is 0 Å². The second kappa shape index (κ2) is 3.11. The third-order valence-electron chi connectivity index (χ3n) is 3.12. The number of fused-ring (bicyclic) bond motifs is 2. The fraction of sp³-hybridized carbons (Fsp3) is 1.00. The Bertz CT molecular complexity index is 138. The van der Waals surface area contributed by atoms with Gasteiger partial charge in [-0.2, -0.15) is 5.48 Å². The van der Waals surface area contributed by atoms with Gasteiger partial charge in [-0.05, 0) is 38.0 Å². The average molecular weight is 155 g/mol. The van der Waals surface area contributed by atoms with Crippen LogP contribution in [0, 0.1) is 11.8 Å².